The minimum Gasteiger partial charge on any atom is -0.513 e. The fourth-order valence-electron chi connectivity index (χ4n) is 6.21. The summed E-state index contributed by atoms with van der Waals surface area (Å²) in [4.78, 5) is 4.17. The first kappa shape index (κ1) is 22.7. The van der Waals surface area contributed by atoms with Gasteiger partial charge in [0, 0.05) is 23.0 Å². The molecule has 1 heterocycles. The van der Waals surface area contributed by atoms with E-state index in [0.29, 0.717) is 15.1 Å². The lowest BCUT2D eigenvalue weighted by Gasteiger charge is -2.60. The van der Waals surface area contributed by atoms with E-state index in [1.54, 1.807) is 0 Å². The van der Waals surface area contributed by atoms with E-state index >= 15 is 0 Å². The van der Waals surface area contributed by atoms with Gasteiger partial charge in [0.05, 0.1) is 27.4 Å². The molecule has 1 N–H and O–H groups in total. The van der Waals surface area contributed by atoms with Gasteiger partial charge in [0.1, 0.15) is 18.8 Å². The van der Waals surface area contributed by atoms with Gasteiger partial charge in [-0.3, -0.25) is 9.13 Å². The third-order valence-corrected chi connectivity index (χ3v) is 28.3. The van der Waals surface area contributed by atoms with Crippen LogP contribution in [-0.2, 0) is 14.1 Å². The Labute approximate surface area is 161 Å². The van der Waals surface area contributed by atoms with E-state index in [0.717, 1.165) is 0 Å². The lowest BCUT2D eigenvalue weighted by molar-refractivity contribution is -0.659. The van der Waals surface area contributed by atoms with Crippen molar-refractivity contribution in [2.75, 3.05) is 0 Å². The van der Waals surface area contributed by atoms with Gasteiger partial charge in [-0.05, 0) is 15.1 Å². The predicted molar refractivity (Wildman–Crippen MR) is 121 cm³/mol. The Morgan fingerprint density at radius 2 is 1.32 bits per heavy atom. The summed E-state index contributed by atoms with van der Waals surface area (Å²) in [6.07, 6.45) is 0. The average molecular weight is 382 g/mol. The molecule has 1 rings (SSSR count). The van der Waals surface area contributed by atoms with E-state index in [2.05, 4.69) is 104 Å². The van der Waals surface area contributed by atoms with Gasteiger partial charge in [-0.1, -0.05) is 62.3 Å². The molecule has 0 spiro atoms. The summed E-state index contributed by atoms with van der Waals surface area (Å²) in [6, 6.07) is 0. The van der Waals surface area contributed by atoms with E-state index in [1.807, 2.05) is 0 Å². The summed E-state index contributed by atoms with van der Waals surface area (Å²) >= 11 is 0. The van der Waals surface area contributed by atoms with Crippen LogP contribution in [0, 0.1) is 13.8 Å². The van der Waals surface area contributed by atoms with Gasteiger partial charge in [-0.2, -0.15) is 0 Å². The van der Waals surface area contributed by atoms with Crippen molar-refractivity contribution in [3.05, 3.63) is 11.4 Å². The van der Waals surface area contributed by atoms with Gasteiger partial charge in [0.15, 0.2) is 0 Å². The number of aromatic nitrogens is 2. The lowest BCUT2D eigenvalue weighted by atomic mass is 9.96. The predicted octanol–water partition coefficient (Wildman–Crippen LogP) is 2.19. The van der Waals surface area contributed by atoms with E-state index in [1.165, 1.54) is 17.1 Å². The first-order valence-electron chi connectivity index (χ1n) is 10.00. The van der Waals surface area contributed by atoms with Crippen molar-refractivity contribution in [2.24, 2.45) is 14.1 Å². The second-order valence-electron chi connectivity index (χ2n) is 11.3. The number of rotatable bonds is 4. The Kier molecular flexibility index (Phi) is 6.36. The highest BCUT2D eigenvalue weighted by molar-refractivity contribution is 7.29. The lowest BCUT2D eigenvalue weighted by Crippen LogP contribution is -2.68. The molecule has 0 atom stereocenters. The maximum atomic E-state index is 4.17. The molecule has 0 bridgehead atoms. The molecule has 146 valence electrons. The van der Waals surface area contributed by atoms with Crippen LogP contribution < -0.4 is 15.2 Å². The number of imidazole rings is 1. The molecule has 6 heteroatoms. The minimum absolute atomic E-state index is 0.307. The molecule has 0 radical (unpaired) electrons. The molecule has 25 heavy (non-hydrogen) atoms. The van der Waals surface area contributed by atoms with Crippen molar-refractivity contribution in [1.29, 1.82) is 0 Å². The SMILES string of the molecule is Cc1c(C)[n+](C)c([BH2-]N[SiH2][Si](C(C)(C)C)(C(C)(C)C)C(C)(C)C)n1C. The van der Waals surface area contributed by atoms with Crippen LogP contribution in [0.4, 0.5) is 0 Å². The zero-order valence-electron chi connectivity index (χ0n) is 19.6. The van der Waals surface area contributed by atoms with Gasteiger partial charge >= 0.3 is 0 Å². The number of nitrogens with one attached hydrogen (secondary N) is 1. The van der Waals surface area contributed by atoms with Crippen molar-refractivity contribution < 1.29 is 4.57 Å². The Hall–Kier alpha value is -0.331. The smallest absolute Gasteiger partial charge is 0.148 e. The molecule has 0 saturated carbocycles. The zero-order chi connectivity index (χ0) is 20.0. The second-order valence-corrected chi connectivity index (χ2v) is 22.9. The standard InChI is InChI=1S/C19H44BN3Si2/c1-14-15(2)23(13)16(22(14)12)20-21-24-25(17(3,4)5,18(6,7)8)19(9,10)11/h21H,20,24H2,1-13H3. The van der Waals surface area contributed by atoms with Crippen LogP contribution in [-0.4, -0.2) is 28.8 Å². The minimum atomic E-state index is -1.56. The number of hydrogen-bond donors (Lipinski definition) is 1. The quantitative estimate of drug-likeness (QED) is 0.626. The van der Waals surface area contributed by atoms with Crippen LogP contribution in [0.5, 0.6) is 0 Å². The van der Waals surface area contributed by atoms with Gasteiger partial charge in [-0.15, -0.1) is 0 Å². The summed E-state index contributed by atoms with van der Waals surface area (Å²) in [6.45, 7) is 27.1. The molecule has 0 saturated heterocycles. The van der Waals surface area contributed by atoms with Crippen molar-refractivity contribution in [3.63, 3.8) is 0 Å². The van der Waals surface area contributed by atoms with Crippen LogP contribution in [0.15, 0.2) is 0 Å². The van der Waals surface area contributed by atoms with Crippen molar-refractivity contribution in [3.8, 4) is 0 Å². The van der Waals surface area contributed by atoms with E-state index < -0.39 is 7.59 Å². The van der Waals surface area contributed by atoms with Crippen LogP contribution in [0.2, 0.25) is 15.1 Å². The third kappa shape index (κ3) is 3.86. The summed E-state index contributed by atoms with van der Waals surface area (Å²) in [5.41, 5.74) is 4.31. The summed E-state index contributed by atoms with van der Waals surface area (Å²) in [5, 5.41) is 1.24. The first-order valence-corrected chi connectivity index (χ1v) is 15.0. The van der Waals surface area contributed by atoms with E-state index in [4.69, 9.17) is 0 Å². The van der Waals surface area contributed by atoms with E-state index in [9.17, 15) is 0 Å². The Bertz CT molecular complexity index is 555. The molecular weight excluding hydrogens is 337 g/mol. The first-order chi connectivity index (χ1) is 11.0. The maximum Gasteiger partial charge on any atom is 0.148 e. The molecular formula is C19H44BN3Si2. The fraction of sp³-hybridized carbons (Fsp3) is 0.842. The van der Waals surface area contributed by atoms with Crippen molar-refractivity contribution >= 4 is 29.9 Å². The molecule has 0 aliphatic rings. The molecule has 0 aromatic carbocycles. The Morgan fingerprint density at radius 1 is 0.920 bits per heavy atom. The van der Waals surface area contributed by atoms with Crippen molar-refractivity contribution in [1.82, 2.24) is 9.46 Å². The van der Waals surface area contributed by atoms with Crippen LogP contribution >= 0.6 is 0 Å². The Balaban J connectivity index is 3.21. The summed E-state index contributed by atoms with van der Waals surface area (Å²) in [5.74, 6) is 0. The topological polar surface area (TPSA) is 20.8 Å². The zero-order valence-corrected chi connectivity index (χ0v) is 22.0. The Morgan fingerprint density at radius 3 is 1.60 bits per heavy atom. The van der Waals surface area contributed by atoms with Gasteiger partial charge in [0.25, 0.3) is 0 Å². The molecule has 1 aromatic heterocycles. The number of nitrogens with zero attached hydrogens (tertiary/aromatic N) is 2. The summed E-state index contributed by atoms with van der Waals surface area (Å²) < 4.78 is 4.82. The molecule has 0 aliphatic carbocycles. The van der Waals surface area contributed by atoms with Crippen molar-refractivity contribution in [2.45, 2.75) is 91.3 Å². The van der Waals surface area contributed by atoms with Crippen LogP contribution in [0.1, 0.15) is 73.7 Å². The second kappa shape index (κ2) is 7.00. The highest BCUT2D eigenvalue weighted by Crippen LogP contribution is 2.60. The van der Waals surface area contributed by atoms with Crippen LogP contribution in [0.3, 0.4) is 0 Å². The maximum absolute atomic E-state index is 4.17. The van der Waals surface area contributed by atoms with Crippen LogP contribution in [0.25, 0.3) is 0 Å². The molecule has 0 unspecified atom stereocenters. The molecule has 0 fully saturated rings. The average Bonchev–Trinajstić information content (AvgIpc) is 2.56. The molecule has 0 amide bonds. The molecule has 3 nitrogen and oxygen atoms in total. The van der Waals surface area contributed by atoms with Gasteiger partial charge in [0.2, 0.25) is 0 Å². The number of hydrogen-bond acceptors (Lipinski definition) is 1. The summed E-state index contributed by atoms with van der Waals surface area (Å²) in [7, 11) is 2.24. The third-order valence-electron chi connectivity index (χ3n) is 7.18. The molecule has 1 aromatic rings. The fourth-order valence-corrected chi connectivity index (χ4v) is 22.5. The monoisotopic (exact) mass is 381 g/mol. The highest BCUT2D eigenvalue weighted by atomic mass is 29.2. The van der Waals surface area contributed by atoms with E-state index in [-0.39, 0.29) is 16.6 Å². The van der Waals surface area contributed by atoms with Gasteiger partial charge < -0.3 is 4.89 Å². The normalized spacial score (nSPS) is 14.8. The molecule has 0 aliphatic heterocycles. The van der Waals surface area contributed by atoms with Gasteiger partial charge in [-0.25, -0.2) is 0 Å². The highest BCUT2D eigenvalue weighted by Gasteiger charge is 2.58. The largest absolute Gasteiger partial charge is 0.513 e.